The van der Waals surface area contributed by atoms with Gasteiger partial charge in [-0.2, -0.15) is 5.10 Å². The summed E-state index contributed by atoms with van der Waals surface area (Å²) in [5.41, 5.74) is 9.45. The maximum atomic E-state index is 6.26. The second-order valence-corrected chi connectivity index (χ2v) is 4.11. The van der Waals surface area contributed by atoms with Gasteiger partial charge < -0.3 is 10.2 Å². The molecule has 4 heteroatoms. The lowest BCUT2D eigenvalue weighted by Gasteiger charge is -2.12. The van der Waals surface area contributed by atoms with Gasteiger partial charge in [0.1, 0.15) is 11.5 Å². The van der Waals surface area contributed by atoms with Gasteiger partial charge in [-0.3, -0.25) is 4.68 Å². The number of nitrogens with zero attached hydrogens (tertiary/aromatic N) is 2. The molecule has 0 radical (unpaired) electrons. The zero-order valence-electron chi connectivity index (χ0n) is 10.1. The highest BCUT2D eigenvalue weighted by atomic mass is 16.3. The van der Waals surface area contributed by atoms with Crippen molar-refractivity contribution >= 4 is 0 Å². The minimum Gasteiger partial charge on any atom is -0.466 e. The number of hydrogen-bond donors (Lipinski definition) is 1. The predicted molar refractivity (Wildman–Crippen MR) is 62.2 cm³/mol. The first-order valence-corrected chi connectivity index (χ1v) is 5.32. The smallest absolute Gasteiger partial charge is 0.106 e. The topological polar surface area (TPSA) is 57.0 Å². The fourth-order valence-electron chi connectivity index (χ4n) is 2.10. The van der Waals surface area contributed by atoms with Gasteiger partial charge in [0.2, 0.25) is 0 Å². The zero-order chi connectivity index (χ0) is 11.9. The van der Waals surface area contributed by atoms with Crippen LogP contribution < -0.4 is 5.73 Å². The van der Waals surface area contributed by atoms with Crippen LogP contribution in [0.4, 0.5) is 0 Å². The summed E-state index contributed by atoms with van der Waals surface area (Å²) in [6.45, 7) is 5.95. The molecule has 16 heavy (non-hydrogen) atoms. The Bertz CT molecular complexity index is 510. The van der Waals surface area contributed by atoms with Crippen LogP contribution in [0, 0.1) is 20.8 Å². The molecule has 2 heterocycles. The summed E-state index contributed by atoms with van der Waals surface area (Å²) < 4.78 is 7.39. The van der Waals surface area contributed by atoms with Gasteiger partial charge in [-0.1, -0.05) is 0 Å². The molecule has 0 fully saturated rings. The molecule has 4 nitrogen and oxygen atoms in total. The molecular weight excluding hydrogens is 202 g/mol. The first kappa shape index (κ1) is 11.0. The van der Waals surface area contributed by atoms with Crippen molar-refractivity contribution in [1.82, 2.24) is 9.78 Å². The van der Waals surface area contributed by atoms with Crippen molar-refractivity contribution in [1.29, 1.82) is 0 Å². The van der Waals surface area contributed by atoms with E-state index in [1.165, 1.54) is 0 Å². The Morgan fingerprint density at radius 1 is 1.31 bits per heavy atom. The minimum absolute atomic E-state index is 0.176. The Morgan fingerprint density at radius 3 is 2.44 bits per heavy atom. The van der Waals surface area contributed by atoms with Crippen LogP contribution in [0.2, 0.25) is 0 Å². The fraction of sp³-hybridized carbons (Fsp3) is 0.417. The third-order valence-electron chi connectivity index (χ3n) is 3.11. The Balaban J connectivity index is 2.49. The largest absolute Gasteiger partial charge is 0.466 e. The third-order valence-corrected chi connectivity index (χ3v) is 3.11. The quantitative estimate of drug-likeness (QED) is 0.840. The van der Waals surface area contributed by atoms with Gasteiger partial charge >= 0.3 is 0 Å². The maximum absolute atomic E-state index is 6.26. The highest BCUT2D eigenvalue weighted by molar-refractivity contribution is 5.38. The molecule has 2 aromatic rings. The summed E-state index contributed by atoms with van der Waals surface area (Å²) >= 11 is 0. The molecule has 0 saturated heterocycles. The van der Waals surface area contributed by atoms with E-state index in [0.717, 1.165) is 28.3 Å². The van der Waals surface area contributed by atoms with Crippen LogP contribution in [0.1, 0.15) is 34.4 Å². The van der Waals surface area contributed by atoms with E-state index in [0.29, 0.717) is 0 Å². The van der Waals surface area contributed by atoms with E-state index < -0.39 is 0 Å². The van der Waals surface area contributed by atoms with Gasteiger partial charge in [-0.05, 0) is 32.4 Å². The normalized spacial score (nSPS) is 13.1. The molecule has 0 bridgehead atoms. The van der Waals surface area contributed by atoms with Gasteiger partial charge in [0.15, 0.2) is 0 Å². The van der Waals surface area contributed by atoms with Crippen molar-refractivity contribution in [2.24, 2.45) is 12.8 Å². The van der Waals surface area contributed by atoms with Crippen molar-refractivity contribution in [3.8, 4) is 0 Å². The predicted octanol–water partition coefficient (Wildman–Crippen LogP) is 1.99. The summed E-state index contributed by atoms with van der Waals surface area (Å²) in [5, 5.41) is 4.14. The average molecular weight is 219 g/mol. The number of aryl methyl sites for hydroxylation is 3. The fourth-order valence-corrected chi connectivity index (χ4v) is 2.10. The van der Waals surface area contributed by atoms with E-state index in [4.69, 9.17) is 10.2 Å². The molecule has 2 rings (SSSR count). The molecule has 1 unspecified atom stereocenters. The maximum Gasteiger partial charge on any atom is 0.106 e. The molecule has 0 amide bonds. The van der Waals surface area contributed by atoms with Crippen LogP contribution in [0.5, 0.6) is 0 Å². The first-order valence-electron chi connectivity index (χ1n) is 5.32. The minimum atomic E-state index is -0.176. The van der Waals surface area contributed by atoms with Gasteiger partial charge in [-0.15, -0.1) is 0 Å². The van der Waals surface area contributed by atoms with Gasteiger partial charge in [0.05, 0.1) is 11.7 Å². The van der Waals surface area contributed by atoms with E-state index in [1.54, 1.807) is 10.9 Å². The number of rotatable bonds is 2. The Kier molecular flexibility index (Phi) is 2.59. The molecule has 0 saturated carbocycles. The summed E-state index contributed by atoms with van der Waals surface area (Å²) in [5.74, 6) is 1.83. The van der Waals surface area contributed by atoms with E-state index in [9.17, 15) is 0 Å². The van der Waals surface area contributed by atoms with Crippen LogP contribution in [-0.2, 0) is 7.05 Å². The molecule has 0 aliphatic heterocycles. The van der Waals surface area contributed by atoms with E-state index in [2.05, 4.69) is 5.10 Å². The van der Waals surface area contributed by atoms with Crippen molar-refractivity contribution in [3.05, 3.63) is 40.6 Å². The summed E-state index contributed by atoms with van der Waals surface area (Å²) in [7, 11) is 1.90. The molecule has 0 aliphatic carbocycles. The Labute approximate surface area is 95.1 Å². The van der Waals surface area contributed by atoms with Crippen molar-refractivity contribution in [3.63, 3.8) is 0 Å². The molecule has 2 aromatic heterocycles. The lowest BCUT2D eigenvalue weighted by atomic mass is 10.0. The van der Waals surface area contributed by atoms with Gasteiger partial charge in [0.25, 0.3) is 0 Å². The number of furan rings is 1. The second kappa shape index (κ2) is 3.79. The summed E-state index contributed by atoms with van der Waals surface area (Å²) in [6.07, 6.45) is 1.76. The average Bonchev–Trinajstić information content (AvgIpc) is 2.73. The van der Waals surface area contributed by atoms with E-state index in [1.807, 2.05) is 33.9 Å². The zero-order valence-corrected chi connectivity index (χ0v) is 10.1. The Morgan fingerprint density at radius 2 is 2.00 bits per heavy atom. The lowest BCUT2D eigenvalue weighted by Crippen LogP contribution is -2.17. The molecule has 0 aromatic carbocycles. The molecule has 2 N–H and O–H groups in total. The van der Waals surface area contributed by atoms with Crippen LogP contribution in [0.25, 0.3) is 0 Å². The summed E-state index contributed by atoms with van der Waals surface area (Å²) in [6, 6.07) is 1.76. The highest BCUT2D eigenvalue weighted by Gasteiger charge is 2.21. The second-order valence-electron chi connectivity index (χ2n) is 4.11. The van der Waals surface area contributed by atoms with Gasteiger partial charge in [0, 0.05) is 18.8 Å². The molecule has 1 atom stereocenters. The monoisotopic (exact) mass is 219 g/mol. The number of aromatic nitrogens is 2. The van der Waals surface area contributed by atoms with Crippen molar-refractivity contribution in [2.45, 2.75) is 26.8 Å². The molecule has 86 valence electrons. The summed E-state index contributed by atoms with van der Waals surface area (Å²) in [4.78, 5) is 0. The SMILES string of the molecule is Cc1oc(C)c(C(N)c2ccnn2C)c1C. The lowest BCUT2D eigenvalue weighted by molar-refractivity contribution is 0.497. The van der Waals surface area contributed by atoms with Crippen LogP contribution >= 0.6 is 0 Å². The molecule has 0 spiro atoms. The Hall–Kier alpha value is -1.55. The van der Waals surface area contributed by atoms with Gasteiger partial charge in [-0.25, -0.2) is 0 Å². The highest BCUT2D eigenvalue weighted by Crippen LogP contribution is 2.29. The number of hydrogen-bond acceptors (Lipinski definition) is 3. The van der Waals surface area contributed by atoms with Crippen LogP contribution in [0.15, 0.2) is 16.7 Å². The van der Waals surface area contributed by atoms with E-state index in [-0.39, 0.29) is 6.04 Å². The first-order chi connectivity index (χ1) is 7.52. The van der Waals surface area contributed by atoms with Crippen molar-refractivity contribution < 1.29 is 4.42 Å². The number of nitrogens with two attached hydrogens (primary N) is 1. The van der Waals surface area contributed by atoms with Crippen molar-refractivity contribution in [2.75, 3.05) is 0 Å². The molecular formula is C12H17N3O. The molecule has 0 aliphatic rings. The van der Waals surface area contributed by atoms with Crippen LogP contribution in [-0.4, -0.2) is 9.78 Å². The third kappa shape index (κ3) is 1.55. The van der Waals surface area contributed by atoms with Crippen LogP contribution in [0.3, 0.4) is 0 Å². The van der Waals surface area contributed by atoms with E-state index >= 15 is 0 Å². The standard InChI is InChI=1S/C12H17N3O/c1-7-8(2)16-9(3)11(7)12(13)10-5-6-14-15(10)4/h5-6,12H,13H2,1-4H3.